The third kappa shape index (κ3) is 4.19. The average molecular weight is 449 g/mol. The molecule has 0 fully saturated rings. The van der Waals surface area contributed by atoms with Crippen LogP contribution < -0.4 is 15.0 Å². The maximum atomic E-state index is 12.9. The van der Waals surface area contributed by atoms with Crippen LogP contribution in [-0.4, -0.2) is 24.9 Å². The van der Waals surface area contributed by atoms with E-state index in [9.17, 15) is 14.4 Å². The molecule has 1 heterocycles. The molecule has 0 saturated heterocycles. The summed E-state index contributed by atoms with van der Waals surface area (Å²) in [6.45, 7) is 0. The molecule has 1 N–H and O–H groups in total. The summed E-state index contributed by atoms with van der Waals surface area (Å²) in [6, 6.07) is 22.0. The second-order valence-corrected chi connectivity index (χ2v) is 7.12. The fourth-order valence-corrected chi connectivity index (χ4v) is 3.30. The number of rotatable bonds is 6. The fourth-order valence-electron chi connectivity index (χ4n) is 3.09. The van der Waals surface area contributed by atoms with Crippen LogP contribution in [0.25, 0.3) is 0 Å². The van der Waals surface area contributed by atoms with Gasteiger partial charge in [0.05, 0.1) is 18.4 Å². The zero-order valence-electron chi connectivity index (χ0n) is 16.9. The van der Waals surface area contributed by atoms with E-state index in [1.54, 1.807) is 36.4 Å². The molecular formula is C24H17ClN2O5. The molecule has 3 aromatic carbocycles. The SMILES string of the molecule is COC(=O)c1ccc(NC2=C(Cl)C(=O)N(c3ccc(Oc4ccccc4)cc3)C2=O)cc1. The van der Waals surface area contributed by atoms with Crippen LogP contribution >= 0.6 is 11.6 Å². The van der Waals surface area contributed by atoms with E-state index < -0.39 is 17.8 Å². The molecule has 0 bridgehead atoms. The Hall–Kier alpha value is -4.10. The minimum absolute atomic E-state index is 0.0490. The molecule has 4 rings (SSSR count). The van der Waals surface area contributed by atoms with E-state index in [-0.39, 0.29) is 10.7 Å². The molecule has 0 aromatic heterocycles. The van der Waals surface area contributed by atoms with Crippen molar-refractivity contribution in [3.8, 4) is 11.5 Å². The molecule has 0 unspecified atom stereocenters. The van der Waals surface area contributed by atoms with Gasteiger partial charge in [0.2, 0.25) is 0 Å². The average Bonchev–Trinajstić information content (AvgIpc) is 3.03. The first-order chi connectivity index (χ1) is 15.5. The van der Waals surface area contributed by atoms with Gasteiger partial charge in [-0.1, -0.05) is 29.8 Å². The van der Waals surface area contributed by atoms with E-state index in [1.807, 2.05) is 30.3 Å². The molecule has 7 nitrogen and oxygen atoms in total. The number of ether oxygens (including phenoxy) is 2. The van der Waals surface area contributed by atoms with E-state index in [0.717, 1.165) is 4.90 Å². The number of carbonyl (C=O) groups is 3. The van der Waals surface area contributed by atoms with Crippen LogP contribution in [-0.2, 0) is 14.3 Å². The summed E-state index contributed by atoms with van der Waals surface area (Å²) < 4.78 is 10.4. The molecule has 2 amide bonds. The van der Waals surface area contributed by atoms with Crippen molar-refractivity contribution in [3.05, 3.63) is 95.2 Å². The summed E-state index contributed by atoms with van der Waals surface area (Å²) >= 11 is 6.17. The van der Waals surface area contributed by atoms with Gasteiger partial charge >= 0.3 is 5.97 Å². The van der Waals surface area contributed by atoms with Gasteiger partial charge in [-0.05, 0) is 60.7 Å². The molecule has 0 spiro atoms. The van der Waals surface area contributed by atoms with Crippen LogP contribution in [0, 0.1) is 0 Å². The minimum Gasteiger partial charge on any atom is -0.465 e. The first-order valence-corrected chi connectivity index (χ1v) is 9.92. The number of anilines is 2. The van der Waals surface area contributed by atoms with E-state index >= 15 is 0 Å². The van der Waals surface area contributed by atoms with Gasteiger partial charge < -0.3 is 14.8 Å². The predicted octanol–water partition coefficient (Wildman–Crippen LogP) is 4.70. The number of nitrogens with zero attached hydrogens (tertiary/aromatic N) is 1. The number of halogens is 1. The van der Waals surface area contributed by atoms with E-state index in [2.05, 4.69) is 10.1 Å². The zero-order valence-corrected chi connectivity index (χ0v) is 17.6. The van der Waals surface area contributed by atoms with Gasteiger partial charge in [0.15, 0.2) is 0 Å². The fraction of sp³-hybridized carbons (Fsp3) is 0.0417. The predicted molar refractivity (Wildman–Crippen MR) is 120 cm³/mol. The van der Waals surface area contributed by atoms with E-state index in [0.29, 0.717) is 28.4 Å². The van der Waals surface area contributed by atoms with Crippen molar-refractivity contribution in [1.82, 2.24) is 0 Å². The lowest BCUT2D eigenvalue weighted by Gasteiger charge is -2.16. The smallest absolute Gasteiger partial charge is 0.337 e. The number of imide groups is 1. The highest BCUT2D eigenvalue weighted by Crippen LogP contribution is 2.32. The first kappa shape index (κ1) is 21.1. The number of esters is 1. The molecule has 0 radical (unpaired) electrons. The van der Waals surface area contributed by atoms with Gasteiger partial charge in [-0.25, -0.2) is 9.69 Å². The molecule has 1 aliphatic rings. The van der Waals surface area contributed by atoms with Gasteiger partial charge in [0.1, 0.15) is 22.2 Å². The van der Waals surface area contributed by atoms with Gasteiger partial charge in [-0.2, -0.15) is 0 Å². The third-order valence-electron chi connectivity index (χ3n) is 4.68. The molecule has 32 heavy (non-hydrogen) atoms. The van der Waals surface area contributed by atoms with Crippen LogP contribution in [0.5, 0.6) is 11.5 Å². The lowest BCUT2D eigenvalue weighted by molar-refractivity contribution is -0.120. The maximum absolute atomic E-state index is 12.9. The number of benzene rings is 3. The number of hydrogen-bond donors (Lipinski definition) is 1. The van der Waals surface area contributed by atoms with Crippen LogP contribution in [0.15, 0.2) is 89.6 Å². The van der Waals surface area contributed by atoms with Crippen LogP contribution in [0.3, 0.4) is 0 Å². The summed E-state index contributed by atoms with van der Waals surface area (Å²) in [7, 11) is 1.29. The zero-order chi connectivity index (χ0) is 22.7. The quantitative estimate of drug-likeness (QED) is 0.434. The first-order valence-electron chi connectivity index (χ1n) is 9.55. The Morgan fingerprint density at radius 1 is 0.844 bits per heavy atom. The summed E-state index contributed by atoms with van der Waals surface area (Å²) in [4.78, 5) is 38.1. The van der Waals surface area contributed by atoms with Crippen molar-refractivity contribution in [1.29, 1.82) is 0 Å². The number of carbonyl (C=O) groups excluding carboxylic acids is 3. The molecule has 1 aliphatic heterocycles. The van der Waals surface area contributed by atoms with E-state index in [1.165, 1.54) is 19.2 Å². The highest BCUT2D eigenvalue weighted by Gasteiger charge is 2.39. The van der Waals surface area contributed by atoms with Crippen molar-refractivity contribution >= 4 is 40.8 Å². The molecule has 3 aromatic rings. The second kappa shape index (κ2) is 8.95. The Kier molecular flexibility index (Phi) is 5.91. The molecule has 8 heteroatoms. The molecule has 0 saturated carbocycles. The Balaban J connectivity index is 1.49. The van der Waals surface area contributed by atoms with Crippen molar-refractivity contribution in [3.63, 3.8) is 0 Å². The highest BCUT2D eigenvalue weighted by molar-refractivity contribution is 6.53. The van der Waals surface area contributed by atoms with Crippen molar-refractivity contribution in [2.24, 2.45) is 0 Å². The summed E-state index contributed by atoms with van der Waals surface area (Å²) in [5.74, 6) is -0.479. The number of methoxy groups -OCH3 is 1. The monoisotopic (exact) mass is 448 g/mol. The Morgan fingerprint density at radius 2 is 1.47 bits per heavy atom. The summed E-state index contributed by atoms with van der Waals surface area (Å²) in [5.41, 5.74) is 1.15. The lowest BCUT2D eigenvalue weighted by atomic mass is 10.2. The van der Waals surface area contributed by atoms with Gasteiger partial charge in [0.25, 0.3) is 11.8 Å². The van der Waals surface area contributed by atoms with Crippen molar-refractivity contribution < 1.29 is 23.9 Å². The van der Waals surface area contributed by atoms with Crippen molar-refractivity contribution in [2.45, 2.75) is 0 Å². The molecule has 0 aliphatic carbocycles. The second-order valence-electron chi connectivity index (χ2n) is 6.74. The Bertz CT molecular complexity index is 1210. The topological polar surface area (TPSA) is 84.9 Å². The molecule has 160 valence electrons. The number of amides is 2. The standard InChI is InChI=1S/C24H17ClN2O5/c1-31-24(30)15-7-9-16(10-8-15)26-21-20(25)22(28)27(23(21)29)17-11-13-19(14-12-17)32-18-5-3-2-4-6-18/h2-14,26H,1H3. The van der Waals surface area contributed by atoms with Crippen LogP contribution in [0.2, 0.25) is 0 Å². The summed E-state index contributed by atoms with van der Waals surface area (Å²) in [5, 5.41) is 2.63. The summed E-state index contributed by atoms with van der Waals surface area (Å²) in [6.07, 6.45) is 0. The van der Waals surface area contributed by atoms with Crippen molar-refractivity contribution in [2.75, 3.05) is 17.3 Å². The number of para-hydroxylation sites is 1. The largest absolute Gasteiger partial charge is 0.465 e. The number of nitrogens with one attached hydrogen (secondary N) is 1. The minimum atomic E-state index is -0.637. The Labute approximate surface area is 188 Å². The third-order valence-corrected chi connectivity index (χ3v) is 5.03. The Morgan fingerprint density at radius 3 is 2.09 bits per heavy atom. The van der Waals surface area contributed by atoms with Crippen LogP contribution in [0.4, 0.5) is 11.4 Å². The normalized spacial score (nSPS) is 13.4. The lowest BCUT2D eigenvalue weighted by Crippen LogP contribution is -2.32. The van der Waals surface area contributed by atoms with Crippen LogP contribution in [0.1, 0.15) is 10.4 Å². The highest BCUT2D eigenvalue weighted by atomic mass is 35.5. The maximum Gasteiger partial charge on any atom is 0.337 e. The van der Waals surface area contributed by atoms with Gasteiger partial charge in [-0.3, -0.25) is 9.59 Å². The molecule has 0 atom stereocenters. The molecular weight excluding hydrogens is 432 g/mol. The number of hydrogen-bond acceptors (Lipinski definition) is 6. The van der Waals surface area contributed by atoms with Gasteiger partial charge in [0, 0.05) is 5.69 Å². The van der Waals surface area contributed by atoms with Gasteiger partial charge in [-0.15, -0.1) is 0 Å². The van der Waals surface area contributed by atoms with E-state index in [4.69, 9.17) is 16.3 Å².